The van der Waals surface area contributed by atoms with Crippen molar-refractivity contribution in [2.24, 2.45) is 0 Å². The molecule has 21 heavy (non-hydrogen) atoms. The molecule has 0 heterocycles. The van der Waals surface area contributed by atoms with Crippen molar-refractivity contribution in [1.29, 1.82) is 0 Å². The van der Waals surface area contributed by atoms with Crippen molar-refractivity contribution in [2.75, 3.05) is 19.6 Å². The number of rotatable bonds is 8. The molecule has 0 spiro atoms. The first-order valence-corrected chi connectivity index (χ1v) is 7.08. The Hall–Kier alpha value is -2.11. The van der Waals surface area contributed by atoms with E-state index in [1.54, 1.807) is 0 Å². The molecule has 0 aromatic heterocycles. The van der Waals surface area contributed by atoms with E-state index in [-0.39, 0.29) is 19.6 Å². The van der Waals surface area contributed by atoms with Crippen molar-refractivity contribution in [3.63, 3.8) is 0 Å². The molecule has 116 valence electrons. The summed E-state index contributed by atoms with van der Waals surface area (Å²) < 4.78 is 38.8. The zero-order valence-corrected chi connectivity index (χ0v) is 11.4. The maximum Gasteiger partial charge on any atom is 0.317 e. The van der Waals surface area contributed by atoms with E-state index < -0.39 is 37.3 Å². The number of sulfonamides is 1. The van der Waals surface area contributed by atoms with E-state index in [1.807, 2.05) is 0 Å². The van der Waals surface area contributed by atoms with Crippen LogP contribution in [-0.4, -0.2) is 44.1 Å². The summed E-state index contributed by atoms with van der Waals surface area (Å²) in [6.07, 6.45) is 0. The van der Waals surface area contributed by atoms with Crippen LogP contribution in [0, 0.1) is 15.9 Å². The smallest absolute Gasteiger partial charge is 0.317 e. The highest BCUT2D eigenvalue weighted by Crippen LogP contribution is 2.24. The van der Waals surface area contributed by atoms with E-state index >= 15 is 0 Å². The van der Waals surface area contributed by atoms with Gasteiger partial charge in [-0.2, -0.15) is 0 Å². The number of nitro benzene ring substituents is 1. The van der Waals surface area contributed by atoms with Gasteiger partial charge in [0.1, 0.15) is 5.82 Å². The molecule has 0 saturated heterocycles. The summed E-state index contributed by atoms with van der Waals surface area (Å²) in [5.74, 6) is -2.03. The molecule has 1 aromatic rings. The summed E-state index contributed by atoms with van der Waals surface area (Å²) in [7, 11) is -4.20. The number of nitrogens with zero attached hydrogens (tertiary/aromatic N) is 1. The van der Waals surface area contributed by atoms with Gasteiger partial charge >= 0.3 is 5.97 Å². The first-order valence-electron chi connectivity index (χ1n) is 5.60. The Kier molecular flexibility index (Phi) is 5.69. The lowest BCUT2D eigenvalue weighted by Gasteiger charge is -2.07. The van der Waals surface area contributed by atoms with Crippen LogP contribution in [0.3, 0.4) is 0 Å². The van der Waals surface area contributed by atoms with Crippen LogP contribution in [0.1, 0.15) is 0 Å². The summed E-state index contributed by atoms with van der Waals surface area (Å²) in [4.78, 5) is 19.3. The van der Waals surface area contributed by atoms with E-state index in [9.17, 15) is 27.7 Å². The van der Waals surface area contributed by atoms with E-state index in [2.05, 4.69) is 10.0 Å². The Morgan fingerprint density at radius 2 is 2.05 bits per heavy atom. The largest absolute Gasteiger partial charge is 0.480 e. The molecule has 0 saturated carbocycles. The Balaban J connectivity index is 2.79. The molecule has 1 aromatic carbocycles. The minimum absolute atomic E-state index is 0.0144. The number of carboxylic acid groups (broad SMARTS) is 1. The number of carbonyl (C=O) groups is 1. The summed E-state index contributed by atoms with van der Waals surface area (Å²) in [6.45, 7) is -0.511. The summed E-state index contributed by atoms with van der Waals surface area (Å²) >= 11 is 0. The molecule has 0 aliphatic rings. The summed E-state index contributed by atoms with van der Waals surface area (Å²) in [6, 6.07) is 2.10. The van der Waals surface area contributed by atoms with E-state index in [0.717, 1.165) is 12.1 Å². The van der Waals surface area contributed by atoms with Crippen molar-refractivity contribution in [1.82, 2.24) is 10.0 Å². The van der Waals surface area contributed by atoms with Gasteiger partial charge in [-0.1, -0.05) is 0 Å². The van der Waals surface area contributed by atoms with Gasteiger partial charge < -0.3 is 10.4 Å². The molecule has 0 aliphatic carbocycles. The molecule has 0 amide bonds. The molecule has 0 unspecified atom stereocenters. The Bertz CT molecular complexity index is 648. The lowest BCUT2D eigenvalue weighted by Crippen LogP contribution is -2.34. The van der Waals surface area contributed by atoms with Crippen LogP contribution in [0.25, 0.3) is 0 Å². The highest BCUT2D eigenvalue weighted by Gasteiger charge is 2.25. The highest BCUT2D eigenvalue weighted by molar-refractivity contribution is 7.89. The normalized spacial score (nSPS) is 11.3. The Morgan fingerprint density at radius 1 is 1.38 bits per heavy atom. The summed E-state index contributed by atoms with van der Waals surface area (Å²) in [5, 5.41) is 21.5. The van der Waals surface area contributed by atoms with Gasteiger partial charge in [-0.15, -0.1) is 0 Å². The molecular weight excluding hydrogens is 309 g/mol. The Morgan fingerprint density at radius 3 is 2.62 bits per heavy atom. The number of nitro groups is 1. The van der Waals surface area contributed by atoms with Crippen LogP contribution in [0.2, 0.25) is 0 Å². The van der Waals surface area contributed by atoms with Crippen LogP contribution in [0.5, 0.6) is 0 Å². The molecule has 1 rings (SSSR count). The van der Waals surface area contributed by atoms with Crippen LogP contribution >= 0.6 is 0 Å². The van der Waals surface area contributed by atoms with E-state index in [4.69, 9.17) is 5.11 Å². The minimum Gasteiger partial charge on any atom is -0.480 e. The van der Waals surface area contributed by atoms with Crippen LogP contribution in [0.4, 0.5) is 10.1 Å². The topological polar surface area (TPSA) is 139 Å². The van der Waals surface area contributed by atoms with Gasteiger partial charge in [-0.3, -0.25) is 14.9 Å². The number of aliphatic carboxylic acids is 1. The third-order valence-electron chi connectivity index (χ3n) is 2.28. The molecule has 11 heteroatoms. The van der Waals surface area contributed by atoms with Gasteiger partial charge in [0.2, 0.25) is 10.0 Å². The van der Waals surface area contributed by atoms with Crippen molar-refractivity contribution < 1.29 is 27.6 Å². The molecule has 0 fully saturated rings. The van der Waals surface area contributed by atoms with Gasteiger partial charge in [0.05, 0.1) is 17.5 Å². The number of halogens is 1. The number of nitrogens with one attached hydrogen (secondary N) is 2. The second kappa shape index (κ2) is 7.06. The number of benzene rings is 1. The fourth-order valence-corrected chi connectivity index (χ4v) is 2.59. The monoisotopic (exact) mass is 321 g/mol. The van der Waals surface area contributed by atoms with Crippen LogP contribution in [0.15, 0.2) is 23.1 Å². The molecule has 9 nitrogen and oxygen atoms in total. The fraction of sp³-hybridized carbons (Fsp3) is 0.300. The van der Waals surface area contributed by atoms with E-state index in [0.29, 0.717) is 6.07 Å². The van der Waals surface area contributed by atoms with Gasteiger partial charge in [0, 0.05) is 13.1 Å². The molecule has 3 N–H and O–H groups in total. The average molecular weight is 321 g/mol. The zero-order valence-electron chi connectivity index (χ0n) is 10.6. The number of hydrogen-bond donors (Lipinski definition) is 3. The molecule has 0 aliphatic heterocycles. The Labute approximate surface area is 119 Å². The SMILES string of the molecule is O=C(O)CNCCNS(=O)(=O)c1ccc(F)cc1[N+](=O)[O-]. The zero-order chi connectivity index (χ0) is 16.0. The minimum atomic E-state index is -4.20. The third-order valence-corrected chi connectivity index (χ3v) is 3.79. The van der Waals surface area contributed by atoms with Crippen molar-refractivity contribution in [2.45, 2.75) is 4.90 Å². The predicted molar refractivity (Wildman–Crippen MR) is 68.7 cm³/mol. The molecule has 0 atom stereocenters. The first kappa shape index (κ1) is 16.9. The third kappa shape index (κ3) is 5.06. The van der Waals surface area contributed by atoms with Gasteiger partial charge in [-0.05, 0) is 12.1 Å². The van der Waals surface area contributed by atoms with Crippen molar-refractivity contribution in [3.8, 4) is 0 Å². The van der Waals surface area contributed by atoms with Crippen molar-refractivity contribution >= 4 is 21.7 Å². The maximum atomic E-state index is 12.9. The lowest BCUT2D eigenvalue weighted by molar-refractivity contribution is -0.388. The van der Waals surface area contributed by atoms with E-state index in [1.165, 1.54) is 0 Å². The standard InChI is InChI=1S/C10H12FN3O6S/c11-7-1-2-9(8(5-7)14(17)18)21(19,20)13-4-3-12-6-10(15)16/h1-2,5,12-13H,3-4,6H2,(H,15,16). The molecule has 0 radical (unpaired) electrons. The molecule has 0 bridgehead atoms. The predicted octanol–water partition coefficient (Wildman–Crippen LogP) is -0.314. The average Bonchev–Trinajstić information content (AvgIpc) is 2.37. The second-order valence-corrected chi connectivity index (χ2v) is 5.57. The van der Waals surface area contributed by atoms with Gasteiger partial charge in [0.25, 0.3) is 5.69 Å². The fourth-order valence-electron chi connectivity index (χ4n) is 1.41. The number of carboxylic acids is 1. The van der Waals surface area contributed by atoms with Gasteiger partial charge in [-0.25, -0.2) is 17.5 Å². The highest BCUT2D eigenvalue weighted by atomic mass is 32.2. The van der Waals surface area contributed by atoms with Crippen LogP contribution in [-0.2, 0) is 14.8 Å². The maximum absolute atomic E-state index is 12.9. The molecular formula is C10H12FN3O6S. The number of hydrogen-bond acceptors (Lipinski definition) is 6. The quantitative estimate of drug-likeness (QED) is 0.339. The van der Waals surface area contributed by atoms with Crippen molar-refractivity contribution in [3.05, 3.63) is 34.1 Å². The van der Waals surface area contributed by atoms with Crippen LogP contribution < -0.4 is 10.0 Å². The van der Waals surface area contributed by atoms with Gasteiger partial charge in [0.15, 0.2) is 4.90 Å². The second-order valence-electron chi connectivity index (χ2n) is 3.84. The first-order chi connectivity index (χ1) is 9.74. The summed E-state index contributed by atoms with van der Waals surface area (Å²) in [5.41, 5.74) is -0.874. The lowest BCUT2D eigenvalue weighted by atomic mass is 10.3.